The lowest BCUT2D eigenvalue weighted by molar-refractivity contribution is -0.141. The van der Waals surface area contributed by atoms with Gasteiger partial charge in [0.25, 0.3) is 11.8 Å². The lowest BCUT2D eigenvalue weighted by Gasteiger charge is -2.37. The molecule has 4 aromatic carbocycles. The van der Waals surface area contributed by atoms with Crippen LogP contribution in [0.5, 0.6) is 0 Å². The molecule has 418 valence electrons. The minimum atomic E-state index is -0.675. The molecule has 78 heavy (non-hydrogen) atoms. The van der Waals surface area contributed by atoms with Crippen LogP contribution in [0.2, 0.25) is 0 Å². The first kappa shape index (κ1) is 57.7. The molecule has 0 aliphatic carbocycles. The third-order valence-electron chi connectivity index (χ3n) is 16.8. The monoisotopic (exact) mass is 1070 g/mol. The van der Waals surface area contributed by atoms with E-state index in [2.05, 4.69) is 54.1 Å². The van der Waals surface area contributed by atoms with E-state index in [-0.39, 0.29) is 83.7 Å². The van der Waals surface area contributed by atoms with Gasteiger partial charge in [0.05, 0.1) is 18.6 Å². The number of hydrogen-bond acceptors (Lipinski definition) is 9. The molecular formula is C63H83N7O8. The third kappa shape index (κ3) is 14.8. The molecule has 3 N–H and O–H groups in total. The summed E-state index contributed by atoms with van der Waals surface area (Å²) in [5.41, 5.74) is 5.07. The molecule has 4 fully saturated rings. The molecular weight excluding hydrogens is 983 g/mol. The van der Waals surface area contributed by atoms with Crippen LogP contribution in [0.25, 0.3) is 11.1 Å². The molecule has 0 spiro atoms. The van der Waals surface area contributed by atoms with E-state index >= 15 is 0 Å². The van der Waals surface area contributed by atoms with Crippen LogP contribution in [0, 0.1) is 29.6 Å². The maximum absolute atomic E-state index is 14.8. The summed E-state index contributed by atoms with van der Waals surface area (Å²) >= 11 is 0. The summed E-state index contributed by atoms with van der Waals surface area (Å²) in [6.45, 7) is 13.0. The van der Waals surface area contributed by atoms with Crippen LogP contribution in [0.1, 0.15) is 98.1 Å². The number of likely N-dealkylation sites (N-methyl/N-ethyl adjacent to an activating group) is 1. The number of hydrogen-bond donors (Lipinski definition) is 3. The molecule has 6 atom stereocenters. The van der Waals surface area contributed by atoms with E-state index in [0.29, 0.717) is 115 Å². The van der Waals surface area contributed by atoms with Gasteiger partial charge in [-0.05, 0) is 129 Å². The van der Waals surface area contributed by atoms with Crippen LogP contribution in [-0.2, 0) is 41.5 Å². The van der Waals surface area contributed by atoms with Crippen LogP contribution in [-0.4, -0.2) is 158 Å². The summed E-state index contributed by atoms with van der Waals surface area (Å²) < 4.78 is 11.3. The normalized spacial score (nSPS) is 20.7. The van der Waals surface area contributed by atoms with Crippen molar-refractivity contribution < 1.29 is 38.2 Å². The van der Waals surface area contributed by atoms with E-state index < -0.39 is 12.1 Å². The SMILES string of the molecule is CNCC(=O)N[C@H](C(=O)N1CCC(C)[C@H]1CN(CCc1ccccc1)C(=O)c1ccc(-c2ccc(C(=O)N(CCc3ccccc3)C[C@@H]3[C@@H](C)CCN3C(=O)[C@@H](NC(=O)C(C)C)C3CCOCC3)cc2)cc1)C1CCOCC1. The molecule has 4 aliphatic rings. The Morgan fingerprint density at radius 3 is 1.33 bits per heavy atom. The third-order valence-corrected chi connectivity index (χ3v) is 16.8. The molecule has 0 saturated carbocycles. The highest BCUT2D eigenvalue weighted by Gasteiger charge is 2.44. The summed E-state index contributed by atoms with van der Waals surface area (Å²) in [7, 11) is 1.71. The number of benzene rings is 4. The van der Waals surface area contributed by atoms with Crippen molar-refractivity contribution in [1.82, 2.24) is 35.6 Å². The Morgan fingerprint density at radius 1 is 0.551 bits per heavy atom. The van der Waals surface area contributed by atoms with Crippen molar-refractivity contribution in [2.24, 2.45) is 29.6 Å². The first-order chi connectivity index (χ1) is 37.8. The smallest absolute Gasteiger partial charge is 0.253 e. The summed E-state index contributed by atoms with van der Waals surface area (Å²) in [4.78, 5) is 92.5. The van der Waals surface area contributed by atoms with Gasteiger partial charge in [-0.3, -0.25) is 28.8 Å². The highest BCUT2D eigenvalue weighted by atomic mass is 16.5. The van der Waals surface area contributed by atoms with Crippen LogP contribution in [0.4, 0.5) is 0 Å². The van der Waals surface area contributed by atoms with Gasteiger partial charge < -0.3 is 45.0 Å². The van der Waals surface area contributed by atoms with E-state index in [1.165, 1.54) is 0 Å². The molecule has 0 aromatic heterocycles. The van der Waals surface area contributed by atoms with Crippen molar-refractivity contribution >= 4 is 35.4 Å². The van der Waals surface area contributed by atoms with Crippen molar-refractivity contribution in [3.63, 3.8) is 0 Å². The fourth-order valence-corrected chi connectivity index (χ4v) is 11.8. The van der Waals surface area contributed by atoms with E-state index in [1.807, 2.05) is 118 Å². The molecule has 6 amide bonds. The predicted molar refractivity (Wildman–Crippen MR) is 302 cm³/mol. The molecule has 4 aliphatic heterocycles. The molecule has 8 rings (SSSR count). The topological polar surface area (TPSA) is 170 Å². The highest BCUT2D eigenvalue weighted by Crippen LogP contribution is 2.32. The molecule has 4 aromatic rings. The van der Waals surface area contributed by atoms with Gasteiger partial charge in [0.15, 0.2) is 0 Å². The van der Waals surface area contributed by atoms with E-state index in [4.69, 9.17) is 9.47 Å². The lowest BCUT2D eigenvalue weighted by atomic mass is 9.90. The predicted octanol–water partition coefficient (Wildman–Crippen LogP) is 6.90. The number of nitrogens with zero attached hydrogens (tertiary/aromatic N) is 4. The first-order valence-electron chi connectivity index (χ1n) is 28.7. The van der Waals surface area contributed by atoms with Crippen molar-refractivity contribution in [2.75, 3.05) is 79.3 Å². The zero-order chi connectivity index (χ0) is 55.1. The average molecular weight is 1070 g/mol. The molecule has 15 heteroatoms. The molecule has 15 nitrogen and oxygen atoms in total. The van der Waals surface area contributed by atoms with Crippen LogP contribution >= 0.6 is 0 Å². The van der Waals surface area contributed by atoms with Gasteiger partial charge in [0.1, 0.15) is 12.1 Å². The number of carbonyl (C=O) groups excluding carboxylic acids is 6. The maximum Gasteiger partial charge on any atom is 0.253 e. The Labute approximate surface area is 462 Å². The quantitative estimate of drug-likeness (QED) is 0.0759. The van der Waals surface area contributed by atoms with E-state index in [1.54, 1.807) is 7.05 Å². The number of likely N-dealkylation sites (tertiary alicyclic amines) is 2. The average Bonchev–Trinajstić information content (AvgIpc) is 4.08. The molecule has 4 heterocycles. The Balaban J connectivity index is 0.986. The second-order valence-corrected chi connectivity index (χ2v) is 22.5. The van der Waals surface area contributed by atoms with Crippen molar-refractivity contribution in [3.8, 4) is 11.1 Å². The zero-order valence-electron chi connectivity index (χ0n) is 46.6. The number of nitrogens with one attached hydrogen (secondary N) is 3. The van der Waals surface area contributed by atoms with Gasteiger partial charge in [-0.25, -0.2) is 0 Å². The fraction of sp³-hybridized carbons (Fsp3) is 0.524. The largest absolute Gasteiger partial charge is 0.381 e. The van der Waals surface area contributed by atoms with Gasteiger partial charge >= 0.3 is 0 Å². The number of carbonyl (C=O) groups is 6. The van der Waals surface area contributed by atoms with Gasteiger partial charge in [-0.1, -0.05) is 113 Å². The van der Waals surface area contributed by atoms with Gasteiger partial charge in [0.2, 0.25) is 23.6 Å². The van der Waals surface area contributed by atoms with Gasteiger partial charge in [0, 0.05) is 82.7 Å². The number of rotatable bonds is 22. The van der Waals surface area contributed by atoms with Gasteiger partial charge in [-0.2, -0.15) is 0 Å². The molecule has 4 saturated heterocycles. The Morgan fingerprint density at radius 2 is 0.949 bits per heavy atom. The molecule has 1 unspecified atom stereocenters. The fourth-order valence-electron chi connectivity index (χ4n) is 11.8. The summed E-state index contributed by atoms with van der Waals surface area (Å²) in [6, 6.07) is 33.6. The minimum absolute atomic E-state index is 0.0286. The molecule has 0 bridgehead atoms. The standard InChI is InChI=1S/C63H83N7O8/c1-43(2)59(72)66-58(51-30-38-78-39-31-51)63(76)70-35-25-45(4)55(70)42-68(33-27-47-14-10-7-11-15-47)61(74)53-22-18-49(19-23-53)48-16-20-52(21-17-48)60(73)67(32-26-46-12-8-6-9-13-46)41-54-44(3)24-34-69(54)62(75)57(65-56(71)40-64-5)50-28-36-77-37-29-50/h6-23,43-45,50-51,54-55,57-58,64H,24-42H2,1-5H3,(H,65,71)(H,66,72)/t44?,45-,54+,55+,57-,58-/m0/s1. The van der Waals surface area contributed by atoms with E-state index in [9.17, 15) is 28.8 Å². The second-order valence-electron chi connectivity index (χ2n) is 22.5. The molecule has 0 radical (unpaired) electrons. The summed E-state index contributed by atoms with van der Waals surface area (Å²) in [6.07, 6.45) is 5.64. The Hall–Kier alpha value is -6.42. The van der Waals surface area contributed by atoms with Crippen LogP contribution in [0.15, 0.2) is 109 Å². The lowest BCUT2D eigenvalue weighted by Crippen LogP contribution is -2.57. The highest BCUT2D eigenvalue weighted by molar-refractivity contribution is 5.96. The summed E-state index contributed by atoms with van der Waals surface area (Å²) in [5, 5.41) is 9.08. The second kappa shape index (κ2) is 27.9. The maximum atomic E-state index is 14.8. The van der Waals surface area contributed by atoms with Crippen molar-refractivity contribution in [1.29, 1.82) is 0 Å². The first-order valence-corrected chi connectivity index (χ1v) is 28.7. The van der Waals surface area contributed by atoms with Gasteiger partial charge in [-0.15, -0.1) is 0 Å². The number of amides is 6. The minimum Gasteiger partial charge on any atom is -0.381 e. The van der Waals surface area contributed by atoms with Crippen LogP contribution < -0.4 is 16.0 Å². The zero-order valence-corrected chi connectivity index (χ0v) is 46.6. The Kier molecular flexibility index (Phi) is 20.7. The van der Waals surface area contributed by atoms with E-state index in [0.717, 1.165) is 35.1 Å². The van der Waals surface area contributed by atoms with Crippen molar-refractivity contribution in [3.05, 3.63) is 131 Å². The van der Waals surface area contributed by atoms with Crippen molar-refractivity contribution in [2.45, 2.75) is 103 Å². The Bertz CT molecular complexity index is 2610. The number of ether oxygens (including phenoxy) is 2. The summed E-state index contributed by atoms with van der Waals surface area (Å²) in [5.74, 6) is -0.860. The van der Waals surface area contributed by atoms with Crippen LogP contribution in [0.3, 0.4) is 0 Å².